The van der Waals surface area contributed by atoms with Gasteiger partial charge in [0, 0.05) is 22.8 Å². The van der Waals surface area contributed by atoms with Crippen LogP contribution in [0.15, 0.2) is 67.7 Å². The van der Waals surface area contributed by atoms with Crippen LogP contribution in [-0.4, -0.2) is 22.7 Å². The van der Waals surface area contributed by atoms with Gasteiger partial charge in [0.1, 0.15) is 0 Å². The maximum atomic E-state index is 13.4. The number of thiophene rings is 2. The minimum absolute atomic E-state index is 0.0517. The number of benzene rings is 1. The van der Waals surface area contributed by atoms with Crippen LogP contribution in [-0.2, 0) is 23.1 Å². The summed E-state index contributed by atoms with van der Waals surface area (Å²) in [7, 11) is -3.84. The second kappa shape index (κ2) is 7.47. The molecule has 10 heteroatoms. The molecule has 4 rings (SSSR count). The Morgan fingerprint density at radius 1 is 0.821 bits per heavy atom. The summed E-state index contributed by atoms with van der Waals surface area (Å²) in [6.45, 7) is 0.496. The molecule has 0 aliphatic heterocycles. The van der Waals surface area contributed by atoms with Crippen LogP contribution in [0.1, 0.15) is 9.75 Å². The molecule has 0 unspecified atom stereocenters. The molecule has 0 aliphatic carbocycles. The first-order valence-corrected chi connectivity index (χ1v) is 11.4. The molecular weight excluding hydrogens is 418 g/mol. The van der Waals surface area contributed by atoms with E-state index in [1.807, 2.05) is 35.0 Å². The molecule has 4 aromatic rings. The fraction of sp³-hybridized carbons (Fsp3) is 0.111. The van der Waals surface area contributed by atoms with Crippen molar-refractivity contribution < 1.29 is 8.42 Å². The van der Waals surface area contributed by atoms with Crippen molar-refractivity contribution in [1.82, 2.24) is 14.3 Å². The molecule has 0 bridgehead atoms. The summed E-state index contributed by atoms with van der Waals surface area (Å²) in [4.78, 5) is 29.8. The molecule has 7 nitrogen and oxygen atoms in total. The average molecular weight is 434 g/mol. The van der Waals surface area contributed by atoms with Gasteiger partial charge in [0.15, 0.2) is 0 Å². The van der Waals surface area contributed by atoms with E-state index < -0.39 is 21.1 Å². The van der Waals surface area contributed by atoms with Gasteiger partial charge in [-0.25, -0.2) is 8.42 Å². The number of fused-ring (bicyclic) bond motifs is 1. The Hall–Kier alpha value is -2.53. The van der Waals surface area contributed by atoms with Crippen molar-refractivity contribution in [2.24, 2.45) is 0 Å². The van der Waals surface area contributed by atoms with E-state index in [9.17, 15) is 18.0 Å². The number of nitrogens with zero attached hydrogens (tertiary/aromatic N) is 1. The third-order valence-corrected chi connectivity index (χ3v) is 7.67. The molecule has 144 valence electrons. The molecule has 0 spiro atoms. The Morgan fingerprint density at radius 2 is 1.39 bits per heavy atom. The van der Waals surface area contributed by atoms with Crippen LogP contribution in [0.4, 0.5) is 0 Å². The molecule has 3 heterocycles. The second-order valence-electron chi connectivity index (χ2n) is 6.05. The van der Waals surface area contributed by atoms with Crippen LogP contribution in [0, 0.1) is 0 Å². The summed E-state index contributed by atoms with van der Waals surface area (Å²) >= 11 is 2.98. The molecule has 0 saturated carbocycles. The third kappa shape index (κ3) is 3.72. The SMILES string of the molecule is O=c1[nH]c2ccc(S(=O)(=O)N(Cc3cccs3)Cc3cccs3)cc2[nH]c1=O. The lowest BCUT2D eigenvalue weighted by atomic mass is 10.3. The summed E-state index contributed by atoms with van der Waals surface area (Å²) in [5.74, 6) is 0. The normalized spacial score (nSPS) is 12.0. The van der Waals surface area contributed by atoms with E-state index in [2.05, 4.69) is 9.97 Å². The first kappa shape index (κ1) is 18.8. The van der Waals surface area contributed by atoms with Crippen LogP contribution in [0.3, 0.4) is 0 Å². The van der Waals surface area contributed by atoms with E-state index >= 15 is 0 Å². The van der Waals surface area contributed by atoms with Crippen molar-refractivity contribution in [1.29, 1.82) is 0 Å². The minimum atomic E-state index is -3.84. The zero-order valence-corrected chi connectivity index (χ0v) is 16.9. The number of aromatic nitrogens is 2. The quantitative estimate of drug-likeness (QED) is 0.456. The van der Waals surface area contributed by atoms with E-state index in [0.29, 0.717) is 5.52 Å². The van der Waals surface area contributed by atoms with Gasteiger partial charge in [-0.05, 0) is 41.1 Å². The summed E-state index contributed by atoms with van der Waals surface area (Å²) in [5.41, 5.74) is -0.972. The maximum Gasteiger partial charge on any atom is 0.314 e. The molecule has 1 aromatic carbocycles. The van der Waals surface area contributed by atoms with Crippen molar-refractivity contribution in [2.45, 2.75) is 18.0 Å². The van der Waals surface area contributed by atoms with Crippen molar-refractivity contribution in [2.75, 3.05) is 0 Å². The number of aromatic amines is 2. The number of H-pyrrole nitrogens is 2. The highest BCUT2D eigenvalue weighted by Gasteiger charge is 2.26. The van der Waals surface area contributed by atoms with E-state index in [0.717, 1.165) is 9.75 Å². The van der Waals surface area contributed by atoms with Crippen molar-refractivity contribution in [3.05, 3.63) is 83.7 Å². The Bertz CT molecular complexity index is 1280. The molecule has 0 fully saturated rings. The van der Waals surface area contributed by atoms with Gasteiger partial charge >= 0.3 is 11.1 Å². The highest BCUT2D eigenvalue weighted by atomic mass is 32.2. The van der Waals surface area contributed by atoms with Crippen molar-refractivity contribution in [3.8, 4) is 0 Å². The number of nitrogens with one attached hydrogen (secondary N) is 2. The Balaban J connectivity index is 1.77. The number of rotatable bonds is 6. The summed E-state index contributed by atoms with van der Waals surface area (Å²) in [6, 6.07) is 11.8. The lowest BCUT2D eigenvalue weighted by molar-refractivity contribution is 0.407. The highest BCUT2D eigenvalue weighted by molar-refractivity contribution is 7.89. The van der Waals surface area contributed by atoms with E-state index in [-0.39, 0.29) is 23.5 Å². The van der Waals surface area contributed by atoms with Crippen molar-refractivity contribution >= 4 is 43.7 Å². The molecule has 0 radical (unpaired) electrons. The first-order valence-electron chi connectivity index (χ1n) is 8.25. The lowest BCUT2D eigenvalue weighted by Crippen LogP contribution is -2.30. The predicted molar refractivity (Wildman–Crippen MR) is 110 cm³/mol. The van der Waals surface area contributed by atoms with Crippen LogP contribution < -0.4 is 11.1 Å². The van der Waals surface area contributed by atoms with E-state index in [1.54, 1.807) is 0 Å². The van der Waals surface area contributed by atoms with Crippen LogP contribution in [0.2, 0.25) is 0 Å². The van der Waals surface area contributed by atoms with E-state index in [1.165, 1.54) is 45.2 Å². The summed E-state index contributed by atoms with van der Waals surface area (Å²) < 4.78 is 28.1. The van der Waals surface area contributed by atoms with Gasteiger partial charge in [-0.1, -0.05) is 12.1 Å². The summed E-state index contributed by atoms with van der Waals surface area (Å²) in [5, 5.41) is 3.81. The Labute approximate surface area is 168 Å². The monoisotopic (exact) mass is 433 g/mol. The molecule has 2 N–H and O–H groups in total. The van der Waals surface area contributed by atoms with Crippen LogP contribution in [0.5, 0.6) is 0 Å². The fourth-order valence-electron chi connectivity index (χ4n) is 2.78. The van der Waals surface area contributed by atoms with Crippen molar-refractivity contribution in [3.63, 3.8) is 0 Å². The highest BCUT2D eigenvalue weighted by Crippen LogP contribution is 2.25. The Kier molecular flexibility index (Phi) is 5.02. The lowest BCUT2D eigenvalue weighted by Gasteiger charge is -2.21. The standard InChI is InChI=1S/C18H15N3O4S3/c22-17-18(23)20-16-9-14(5-6-15(16)19-17)28(24,25)21(10-12-3-1-7-26-12)11-13-4-2-8-27-13/h1-9H,10-11H2,(H,19,22)(H,20,23). The number of sulfonamides is 1. The van der Waals surface area contributed by atoms with E-state index in [4.69, 9.17) is 0 Å². The van der Waals surface area contributed by atoms with Gasteiger partial charge in [0.25, 0.3) is 0 Å². The minimum Gasteiger partial charge on any atom is -0.316 e. The smallest absolute Gasteiger partial charge is 0.314 e. The molecule has 3 aromatic heterocycles. The molecule has 28 heavy (non-hydrogen) atoms. The molecular formula is C18H15N3O4S3. The fourth-order valence-corrected chi connectivity index (χ4v) is 5.81. The Morgan fingerprint density at radius 3 is 1.93 bits per heavy atom. The zero-order valence-electron chi connectivity index (χ0n) is 14.4. The van der Waals surface area contributed by atoms with Crippen LogP contribution in [0.25, 0.3) is 11.0 Å². The molecule has 0 saturated heterocycles. The maximum absolute atomic E-state index is 13.4. The zero-order chi connectivity index (χ0) is 19.7. The molecule has 0 amide bonds. The average Bonchev–Trinajstić information content (AvgIpc) is 3.36. The number of hydrogen-bond donors (Lipinski definition) is 2. The predicted octanol–water partition coefficient (Wildman–Crippen LogP) is 2.73. The largest absolute Gasteiger partial charge is 0.316 e. The first-order chi connectivity index (χ1) is 13.4. The number of hydrogen-bond acceptors (Lipinski definition) is 6. The van der Waals surface area contributed by atoms with Gasteiger partial charge < -0.3 is 9.97 Å². The third-order valence-electron chi connectivity index (χ3n) is 4.16. The van der Waals surface area contributed by atoms with Gasteiger partial charge in [-0.2, -0.15) is 4.31 Å². The van der Waals surface area contributed by atoms with Crippen LogP contribution >= 0.6 is 22.7 Å². The molecule has 0 aliphatic rings. The van der Waals surface area contributed by atoms with Gasteiger partial charge in [-0.3, -0.25) is 9.59 Å². The van der Waals surface area contributed by atoms with Gasteiger partial charge in [0.05, 0.1) is 15.9 Å². The van der Waals surface area contributed by atoms with Gasteiger partial charge in [0.2, 0.25) is 10.0 Å². The topological polar surface area (TPSA) is 103 Å². The van der Waals surface area contributed by atoms with Gasteiger partial charge in [-0.15, -0.1) is 22.7 Å². The molecule has 0 atom stereocenters. The summed E-state index contributed by atoms with van der Waals surface area (Å²) in [6.07, 6.45) is 0. The second-order valence-corrected chi connectivity index (χ2v) is 10.0.